The number of nitrogens with zero attached hydrogens (tertiary/aromatic N) is 8. The number of aromatic amines is 1. The van der Waals surface area contributed by atoms with Crippen molar-refractivity contribution in [3.05, 3.63) is 59.3 Å². The van der Waals surface area contributed by atoms with E-state index in [4.69, 9.17) is 9.73 Å². The predicted octanol–water partition coefficient (Wildman–Crippen LogP) is 4.11. The first-order valence-electron chi connectivity index (χ1n) is 22.8. The zero-order valence-electron chi connectivity index (χ0n) is 37.0. The maximum absolute atomic E-state index is 13.4. The fourth-order valence-corrected chi connectivity index (χ4v) is 9.71. The predicted molar refractivity (Wildman–Crippen MR) is 244 cm³/mol. The minimum Gasteiger partial charge on any atom is -0.491 e. The van der Waals surface area contributed by atoms with Crippen LogP contribution in [0.5, 0.6) is 5.75 Å². The lowest BCUT2D eigenvalue weighted by Crippen LogP contribution is -2.56. The van der Waals surface area contributed by atoms with Gasteiger partial charge in [-0.05, 0) is 82.3 Å². The van der Waals surface area contributed by atoms with Gasteiger partial charge in [0.15, 0.2) is 0 Å². The zero-order chi connectivity index (χ0) is 43.5. The third-order valence-corrected chi connectivity index (χ3v) is 13.1. The van der Waals surface area contributed by atoms with Crippen LogP contribution in [0.1, 0.15) is 89.6 Å². The van der Waals surface area contributed by atoms with Gasteiger partial charge in [0.05, 0.1) is 28.4 Å². The number of fused-ring (bicyclic) bond motifs is 2. The average Bonchev–Trinajstić information content (AvgIpc) is 3.81. The molecule has 2 atom stereocenters. The summed E-state index contributed by atoms with van der Waals surface area (Å²) in [6, 6.07) is 11.0. The van der Waals surface area contributed by atoms with Crippen LogP contribution < -0.4 is 20.3 Å². The summed E-state index contributed by atoms with van der Waals surface area (Å²) in [7, 11) is 0. The molecule has 0 spiro atoms. The molecule has 0 radical (unpaired) electrons. The molecule has 4 amide bonds. The number of piperidine rings is 2. The van der Waals surface area contributed by atoms with Crippen molar-refractivity contribution in [2.24, 2.45) is 10.9 Å². The number of nitrogens with one attached hydrogen (secondary N) is 3. The van der Waals surface area contributed by atoms with E-state index in [1.165, 1.54) is 0 Å². The number of hydrogen-bond acceptors (Lipinski definition) is 13. The Morgan fingerprint density at radius 3 is 2.34 bits per heavy atom. The molecule has 9 rings (SSSR count). The first kappa shape index (κ1) is 43.3. The topological polar surface area (TPSA) is 162 Å². The van der Waals surface area contributed by atoms with E-state index in [2.05, 4.69) is 64.4 Å². The van der Waals surface area contributed by atoms with Gasteiger partial charge in [0.25, 0.3) is 11.8 Å². The SMILES string of the molecule is CC.CC(C)Oc1ccc2[nH]nc(C3=CC(N4CCN(CCN5CCN(CC6CCN(c7ccc8c(c7)C(=O)N(C7CCC(=O)NC7=O)C8=O)CC6)CC5)[C@@H](C)C4)=NCN3)c2c1.[HH].[HH]. The van der Waals surface area contributed by atoms with Gasteiger partial charge in [-0.3, -0.25) is 44.3 Å². The number of amides is 4. The molecule has 1 aromatic heterocycles. The second kappa shape index (κ2) is 19.0. The molecule has 16 nitrogen and oxygen atoms in total. The summed E-state index contributed by atoms with van der Waals surface area (Å²) in [4.78, 5) is 69.1. The van der Waals surface area contributed by atoms with Gasteiger partial charge in [0.1, 0.15) is 30.0 Å². The normalized spacial score (nSPS) is 23.2. The number of H-pyrrole nitrogens is 1. The quantitative estimate of drug-likeness (QED) is 0.251. The van der Waals surface area contributed by atoms with Crippen LogP contribution in [0.2, 0.25) is 0 Å². The minimum absolute atomic E-state index is 0. The van der Waals surface area contributed by atoms with Crippen molar-refractivity contribution in [3.8, 4) is 5.75 Å². The van der Waals surface area contributed by atoms with E-state index < -0.39 is 23.8 Å². The van der Waals surface area contributed by atoms with Crippen LogP contribution in [0.15, 0.2) is 47.5 Å². The summed E-state index contributed by atoms with van der Waals surface area (Å²) in [5.74, 6) is 0.586. The lowest BCUT2D eigenvalue weighted by Gasteiger charge is -2.43. The van der Waals surface area contributed by atoms with E-state index in [9.17, 15) is 19.2 Å². The molecule has 6 aliphatic rings. The maximum Gasteiger partial charge on any atom is 0.262 e. The Balaban J connectivity index is 0.00000168. The molecule has 3 N–H and O–H groups in total. The molecule has 0 aliphatic carbocycles. The molecule has 3 aromatic rings. The van der Waals surface area contributed by atoms with Crippen LogP contribution >= 0.6 is 0 Å². The van der Waals surface area contributed by atoms with Crippen LogP contribution in [0, 0.1) is 5.92 Å². The van der Waals surface area contributed by atoms with Gasteiger partial charge < -0.3 is 24.8 Å². The molecular weight excluding hydrogens is 787 g/mol. The number of aromatic nitrogens is 2. The molecule has 0 bridgehead atoms. The number of aliphatic imine (C=N–C) groups is 1. The van der Waals surface area contributed by atoms with Crippen LogP contribution in [-0.2, 0) is 9.59 Å². The van der Waals surface area contributed by atoms with E-state index in [0.717, 1.165) is 136 Å². The smallest absolute Gasteiger partial charge is 0.262 e. The molecule has 7 heterocycles. The Bertz CT molecular complexity index is 2220. The largest absolute Gasteiger partial charge is 0.491 e. The minimum atomic E-state index is -0.952. The highest BCUT2D eigenvalue weighted by Gasteiger charge is 2.45. The molecule has 16 heteroatoms. The van der Waals surface area contributed by atoms with Gasteiger partial charge in [0.2, 0.25) is 11.8 Å². The number of carbonyl (C=O) groups excluding carboxylic acids is 4. The van der Waals surface area contributed by atoms with Gasteiger partial charge in [0, 0.05) is 111 Å². The zero-order valence-corrected chi connectivity index (χ0v) is 37.0. The molecule has 336 valence electrons. The number of rotatable bonds is 10. The Hall–Kier alpha value is -5.32. The van der Waals surface area contributed by atoms with Gasteiger partial charge in [-0.25, -0.2) is 4.99 Å². The van der Waals surface area contributed by atoms with E-state index in [-0.39, 0.29) is 27.7 Å². The second-order valence-corrected chi connectivity index (χ2v) is 17.4. The number of carbonyl (C=O) groups is 4. The lowest BCUT2D eigenvalue weighted by atomic mass is 9.95. The third kappa shape index (κ3) is 9.23. The van der Waals surface area contributed by atoms with Gasteiger partial charge in [-0.1, -0.05) is 13.8 Å². The highest BCUT2D eigenvalue weighted by molar-refractivity contribution is 6.23. The Kier molecular flexibility index (Phi) is 13.3. The summed E-state index contributed by atoms with van der Waals surface area (Å²) in [6.07, 6.45) is 4.66. The van der Waals surface area contributed by atoms with Crippen molar-refractivity contribution < 1.29 is 26.8 Å². The number of benzene rings is 2. The molecule has 1 unspecified atom stereocenters. The first-order valence-corrected chi connectivity index (χ1v) is 22.8. The van der Waals surface area contributed by atoms with Crippen molar-refractivity contribution in [2.45, 2.75) is 78.5 Å². The standard InChI is InChI=1S/C44H57N11O5.C2H6.2H2/c1-28(2)60-32-5-7-36-35(23-32)41(49-48-36)37-24-39(46-27-45-37)54-21-20-52(29(3)25-54)19-18-50-14-16-51(17-15-50)26-30-10-12-53(13-11-30)31-4-6-33-34(22-31)44(59)55(43(33)58)38-8-9-40(56)47-42(38)57;1-2;;/h4-7,22-24,28-30,38,45H,8-21,25-27H2,1-3H3,(H,48,49)(H,47,56,57);1-2H3;2*1H/t29-,38?;;;/m0.../s1. The molecule has 4 saturated heterocycles. The number of piperazine rings is 2. The van der Waals surface area contributed by atoms with E-state index in [1.807, 2.05) is 45.9 Å². The fourth-order valence-electron chi connectivity index (χ4n) is 9.71. The number of hydrogen-bond donors (Lipinski definition) is 3. The average molecular weight is 854 g/mol. The number of ether oxygens (including phenoxy) is 1. The molecule has 0 saturated carbocycles. The lowest BCUT2D eigenvalue weighted by molar-refractivity contribution is -0.136. The van der Waals surface area contributed by atoms with Gasteiger partial charge >= 0.3 is 0 Å². The summed E-state index contributed by atoms with van der Waals surface area (Å²) in [5.41, 5.74) is 4.43. The van der Waals surface area contributed by atoms with Gasteiger partial charge in [-0.2, -0.15) is 5.10 Å². The molecule has 4 fully saturated rings. The number of imide groups is 2. The molecule has 2 aromatic carbocycles. The van der Waals surface area contributed by atoms with Crippen molar-refractivity contribution in [2.75, 3.05) is 90.1 Å². The van der Waals surface area contributed by atoms with Gasteiger partial charge in [-0.15, -0.1) is 0 Å². The van der Waals surface area contributed by atoms with E-state index in [0.29, 0.717) is 29.8 Å². The van der Waals surface area contributed by atoms with Crippen molar-refractivity contribution in [1.82, 2.24) is 45.3 Å². The highest BCUT2D eigenvalue weighted by atomic mass is 16.5. The Morgan fingerprint density at radius 2 is 1.60 bits per heavy atom. The summed E-state index contributed by atoms with van der Waals surface area (Å²) in [5, 5.41) is 14.6. The first-order chi connectivity index (χ1) is 30.1. The summed E-state index contributed by atoms with van der Waals surface area (Å²) in [6.45, 7) is 23.2. The van der Waals surface area contributed by atoms with E-state index in [1.54, 1.807) is 12.1 Å². The van der Waals surface area contributed by atoms with Crippen molar-refractivity contribution >= 4 is 51.8 Å². The summed E-state index contributed by atoms with van der Waals surface area (Å²) < 4.78 is 5.96. The Morgan fingerprint density at radius 1 is 0.839 bits per heavy atom. The molecule has 62 heavy (non-hydrogen) atoms. The third-order valence-electron chi connectivity index (χ3n) is 13.1. The van der Waals surface area contributed by atoms with Crippen molar-refractivity contribution in [1.29, 1.82) is 0 Å². The highest BCUT2D eigenvalue weighted by Crippen LogP contribution is 2.33. The maximum atomic E-state index is 13.4. The monoisotopic (exact) mass is 854 g/mol. The summed E-state index contributed by atoms with van der Waals surface area (Å²) >= 11 is 0. The number of amidine groups is 1. The molecular formula is C46H67N11O5. The van der Waals surface area contributed by atoms with Crippen LogP contribution in [0.4, 0.5) is 5.69 Å². The Labute approximate surface area is 367 Å². The van der Waals surface area contributed by atoms with Crippen molar-refractivity contribution in [3.63, 3.8) is 0 Å². The fraction of sp³-hybridized carbons (Fsp3) is 0.565. The second-order valence-electron chi connectivity index (χ2n) is 17.4. The molecule has 6 aliphatic heterocycles. The van der Waals surface area contributed by atoms with E-state index >= 15 is 0 Å². The van der Waals surface area contributed by atoms with Crippen LogP contribution in [0.3, 0.4) is 0 Å². The number of anilines is 1. The van der Waals surface area contributed by atoms with Crippen LogP contribution in [0.25, 0.3) is 16.6 Å². The van der Waals surface area contributed by atoms with Crippen LogP contribution in [-0.4, -0.2) is 168 Å².